The minimum atomic E-state index is -0.799. The van der Waals surface area contributed by atoms with Crippen molar-refractivity contribution in [1.29, 1.82) is 0 Å². The Kier molecular flexibility index (Phi) is 5.19. The summed E-state index contributed by atoms with van der Waals surface area (Å²) in [6.45, 7) is 0.0330. The first-order valence-electron chi connectivity index (χ1n) is 7.47. The van der Waals surface area contributed by atoms with E-state index in [1.165, 1.54) is 23.5 Å². The van der Waals surface area contributed by atoms with Crippen molar-refractivity contribution >= 4 is 40.2 Å². The number of rotatable bonds is 5. The number of carbonyl (C=O) groups excluding carboxylic acids is 1. The van der Waals surface area contributed by atoms with E-state index in [0.29, 0.717) is 0 Å². The van der Waals surface area contributed by atoms with Crippen molar-refractivity contribution in [1.82, 2.24) is 9.55 Å². The van der Waals surface area contributed by atoms with Gasteiger partial charge in [0.2, 0.25) is 0 Å². The summed E-state index contributed by atoms with van der Waals surface area (Å²) in [5, 5.41) is 14.9. The molecule has 2 aromatic heterocycles. The van der Waals surface area contributed by atoms with Crippen LogP contribution in [0.2, 0.25) is 5.02 Å². The topological polar surface area (TPSA) is 127 Å². The zero-order chi connectivity index (χ0) is 19.6. The second kappa shape index (κ2) is 7.56. The third-order valence-electron chi connectivity index (χ3n) is 3.61. The first kappa shape index (κ1) is 18.5. The Labute approximate surface area is 160 Å². The van der Waals surface area contributed by atoms with Crippen molar-refractivity contribution in [3.63, 3.8) is 0 Å². The summed E-state index contributed by atoms with van der Waals surface area (Å²) in [6.07, 6.45) is 1.02. The number of thiophene rings is 1. The molecule has 0 atom stereocenters. The fraction of sp³-hybridized carbons (Fsp3) is 0.0625. The first-order valence-corrected chi connectivity index (χ1v) is 8.73. The molecule has 0 fully saturated rings. The maximum atomic E-state index is 12.5. The van der Waals surface area contributed by atoms with Crippen LogP contribution in [0.25, 0.3) is 0 Å². The van der Waals surface area contributed by atoms with Crippen LogP contribution in [-0.4, -0.2) is 20.4 Å². The standard InChI is InChI=1S/C16H11ClN4O5S/c17-12-6-9(21(25)26)3-4-13(12)19-14(22)11-7-18-16(24)20(15(11)23)8-10-2-1-5-27-10/h1-7H,8H2,(H,18,24)(H,19,22). The molecule has 3 rings (SSSR count). The fourth-order valence-electron chi connectivity index (χ4n) is 2.28. The highest BCUT2D eigenvalue weighted by Gasteiger charge is 2.17. The molecule has 138 valence electrons. The van der Waals surface area contributed by atoms with Crippen LogP contribution in [0.3, 0.4) is 0 Å². The molecule has 27 heavy (non-hydrogen) atoms. The SMILES string of the molecule is O=C(Nc1ccc([N+](=O)[O-])cc1Cl)c1c[nH]c(=O)n(Cc2cccs2)c1=O. The monoisotopic (exact) mass is 406 g/mol. The van der Waals surface area contributed by atoms with Crippen LogP contribution in [0.5, 0.6) is 0 Å². The third-order valence-corrected chi connectivity index (χ3v) is 4.78. The van der Waals surface area contributed by atoms with Crippen LogP contribution >= 0.6 is 22.9 Å². The second-order valence-corrected chi connectivity index (χ2v) is 6.79. The Balaban J connectivity index is 1.90. The minimum Gasteiger partial charge on any atom is -0.320 e. The number of aromatic nitrogens is 2. The van der Waals surface area contributed by atoms with E-state index in [2.05, 4.69) is 10.3 Å². The van der Waals surface area contributed by atoms with Crippen molar-refractivity contribution in [3.8, 4) is 0 Å². The maximum absolute atomic E-state index is 12.5. The van der Waals surface area contributed by atoms with Crippen LogP contribution in [0.15, 0.2) is 51.5 Å². The van der Waals surface area contributed by atoms with Gasteiger partial charge >= 0.3 is 5.69 Å². The molecular formula is C16H11ClN4O5S. The molecule has 0 saturated carbocycles. The molecule has 0 aliphatic carbocycles. The average molecular weight is 407 g/mol. The number of aromatic amines is 1. The molecule has 0 saturated heterocycles. The van der Waals surface area contributed by atoms with Crippen molar-refractivity contribution in [3.05, 3.63) is 88.3 Å². The van der Waals surface area contributed by atoms with Gasteiger partial charge in [0.05, 0.1) is 22.2 Å². The molecule has 9 nitrogen and oxygen atoms in total. The van der Waals surface area contributed by atoms with Crippen LogP contribution in [0.4, 0.5) is 11.4 Å². The number of halogens is 1. The molecule has 0 aliphatic rings. The van der Waals surface area contributed by atoms with Crippen LogP contribution in [0.1, 0.15) is 15.2 Å². The van der Waals surface area contributed by atoms with E-state index in [9.17, 15) is 24.5 Å². The van der Waals surface area contributed by atoms with Crippen LogP contribution in [-0.2, 0) is 6.54 Å². The Hall–Kier alpha value is -3.24. The van der Waals surface area contributed by atoms with E-state index >= 15 is 0 Å². The summed E-state index contributed by atoms with van der Waals surface area (Å²) in [5.41, 5.74) is -1.83. The minimum absolute atomic E-state index is 0.0330. The largest absolute Gasteiger partial charge is 0.328 e. The van der Waals surface area contributed by atoms with Gasteiger partial charge in [-0.25, -0.2) is 4.79 Å². The van der Waals surface area contributed by atoms with E-state index < -0.39 is 22.1 Å². The van der Waals surface area contributed by atoms with E-state index in [0.717, 1.165) is 21.7 Å². The Morgan fingerprint density at radius 3 is 2.74 bits per heavy atom. The van der Waals surface area contributed by atoms with Gasteiger partial charge in [0.1, 0.15) is 5.56 Å². The third kappa shape index (κ3) is 3.96. The van der Waals surface area contributed by atoms with Gasteiger partial charge in [-0.3, -0.25) is 24.3 Å². The lowest BCUT2D eigenvalue weighted by molar-refractivity contribution is -0.384. The quantitative estimate of drug-likeness (QED) is 0.497. The summed E-state index contributed by atoms with van der Waals surface area (Å²) in [4.78, 5) is 50.2. The highest BCUT2D eigenvalue weighted by molar-refractivity contribution is 7.09. The number of anilines is 1. The molecule has 11 heteroatoms. The fourth-order valence-corrected chi connectivity index (χ4v) is 3.20. The Morgan fingerprint density at radius 2 is 2.11 bits per heavy atom. The molecule has 0 radical (unpaired) electrons. The molecular weight excluding hydrogens is 396 g/mol. The zero-order valence-electron chi connectivity index (χ0n) is 13.5. The molecule has 0 bridgehead atoms. The van der Waals surface area contributed by atoms with E-state index in [1.807, 2.05) is 5.38 Å². The number of hydrogen-bond acceptors (Lipinski definition) is 6. The number of nitrogens with one attached hydrogen (secondary N) is 2. The molecule has 0 aliphatic heterocycles. The van der Waals surface area contributed by atoms with Gasteiger partial charge in [0, 0.05) is 23.2 Å². The smallest absolute Gasteiger partial charge is 0.320 e. The van der Waals surface area contributed by atoms with Gasteiger partial charge in [-0.1, -0.05) is 17.7 Å². The average Bonchev–Trinajstić information content (AvgIpc) is 3.13. The van der Waals surface area contributed by atoms with Gasteiger partial charge in [0.25, 0.3) is 17.2 Å². The predicted octanol–water partition coefficient (Wildman–Crippen LogP) is 2.46. The summed E-state index contributed by atoms with van der Waals surface area (Å²) in [5.74, 6) is -0.799. The Bertz CT molecular complexity index is 1140. The number of amides is 1. The summed E-state index contributed by atoms with van der Waals surface area (Å²) in [7, 11) is 0. The molecule has 0 spiro atoms. The number of H-pyrrole nitrogens is 1. The van der Waals surface area contributed by atoms with E-state index in [-0.39, 0.29) is 28.5 Å². The van der Waals surface area contributed by atoms with Gasteiger partial charge in [-0.2, -0.15) is 0 Å². The lowest BCUT2D eigenvalue weighted by atomic mass is 10.2. The number of hydrogen-bond donors (Lipinski definition) is 2. The summed E-state index contributed by atoms with van der Waals surface area (Å²) >= 11 is 7.31. The number of non-ortho nitro benzene ring substituents is 1. The lowest BCUT2D eigenvalue weighted by Crippen LogP contribution is -2.39. The van der Waals surface area contributed by atoms with Gasteiger partial charge < -0.3 is 10.3 Å². The first-order chi connectivity index (χ1) is 12.9. The molecule has 2 heterocycles. The summed E-state index contributed by atoms with van der Waals surface area (Å²) in [6, 6.07) is 7.06. The molecule has 1 amide bonds. The highest BCUT2D eigenvalue weighted by Crippen LogP contribution is 2.26. The molecule has 3 aromatic rings. The number of benzene rings is 1. The zero-order valence-corrected chi connectivity index (χ0v) is 15.0. The van der Waals surface area contributed by atoms with Gasteiger partial charge in [-0.05, 0) is 17.5 Å². The predicted molar refractivity (Wildman–Crippen MR) is 101 cm³/mol. The number of nitro groups is 1. The Morgan fingerprint density at radius 1 is 1.33 bits per heavy atom. The number of nitro benzene ring substituents is 1. The van der Waals surface area contributed by atoms with E-state index in [1.54, 1.807) is 12.1 Å². The molecule has 1 aromatic carbocycles. The van der Waals surface area contributed by atoms with Crippen LogP contribution in [0, 0.1) is 10.1 Å². The lowest BCUT2D eigenvalue weighted by Gasteiger charge is -2.08. The van der Waals surface area contributed by atoms with Gasteiger partial charge in [0.15, 0.2) is 0 Å². The van der Waals surface area contributed by atoms with Crippen molar-refractivity contribution < 1.29 is 9.72 Å². The normalized spacial score (nSPS) is 10.6. The van der Waals surface area contributed by atoms with Crippen LogP contribution < -0.4 is 16.6 Å². The number of nitrogens with zero attached hydrogens (tertiary/aromatic N) is 2. The highest BCUT2D eigenvalue weighted by atomic mass is 35.5. The van der Waals surface area contributed by atoms with Crippen molar-refractivity contribution in [2.45, 2.75) is 6.54 Å². The second-order valence-electron chi connectivity index (χ2n) is 5.35. The number of carbonyl (C=O) groups is 1. The van der Waals surface area contributed by atoms with E-state index in [4.69, 9.17) is 11.6 Å². The summed E-state index contributed by atoms with van der Waals surface area (Å²) < 4.78 is 0.915. The maximum Gasteiger partial charge on any atom is 0.328 e. The van der Waals surface area contributed by atoms with Crippen molar-refractivity contribution in [2.75, 3.05) is 5.32 Å². The van der Waals surface area contributed by atoms with Crippen molar-refractivity contribution in [2.24, 2.45) is 0 Å². The molecule has 2 N–H and O–H groups in total. The van der Waals surface area contributed by atoms with Gasteiger partial charge in [-0.15, -0.1) is 11.3 Å². The molecule has 0 unspecified atom stereocenters.